The van der Waals surface area contributed by atoms with Gasteiger partial charge in [0.2, 0.25) is 5.91 Å². The van der Waals surface area contributed by atoms with E-state index in [2.05, 4.69) is 12.2 Å². The molecule has 0 aromatic heterocycles. The summed E-state index contributed by atoms with van der Waals surface area (Å²) in [7, 11) is 0. The lowest BCUT2D eigenvalue weighted by Crippen LogP contribution is -2.50. The van der Waals surface area contributed by atoms with Crippen LogP contribution in [0.15, 0.2) is 0 Å². The third-order valence-corrected chi connectivity index (χ3v) is 4.86. The molecule has 3 N–H and O–H groups in total. The molecule has 0 saturated heterocycles. The molecule has 17 heavy (non-hydrogen) atoms. The summed E-state index contributed by atoms with van der Waals surface area (Å²) in [6.45, 7) is 2.77. The van der Waals surface area contributed by atoms with Gasteiger partial charge in [-0.1, -0.05) is 32.6 Å². The molecule has 2 aliphatic rings. The van der Waals surface area contributed by atoms with E-state index >= 15 is 0 Å². The van der Waals surface area contributed by atoms with E-state index in [9.17, 15) is 4.79 Å². The highest BCUT2D eigenvalue weighted by Crippen LogP contribution is 2.38. The van der Waals surface area contributed by atoms with Crippen molar-refractivity contribution in [2.24, 2.45) is 17.1 Å². The molecule has 2 fully saturated rings. The molecule has 0 radical (unpaired) electrons. The number of amides is 1. The van der Waals surface area contributed by atoms with Crippen LogP contribution in [0, 0.1) is 11.3 Å². The summed E-state index contributed by atoms with van der Waals surface area (Å²) < 4.78 is 0. The molecular formula is C14H26N2O. The van der Waals surface area contributed by atoms with Crippen LogP contribution in [0.25, 0.3) is 0 Å². The third kappa shape index (κ3) is 2.65. The lowest BCUT2D eigenvalue weighted by atomic mass is 9.82. The topological polar surface area (TPSA) is 55.1 Å². The van der Waals surface area contributed by atoms with E-state index in [0.29, 0.717) is 18.5 Å². The van der Waals surface area contributed by atoms with E-state index in [-0.39, 0.29) is 11.3 Å². The van der Waals surface area contributed by atoms with E-state index in [1.807, 2.05) is 0 Å². The first-order valence-electron chi connectivity index (χ1n) is 7.19. The Balaban J connectivity index is 1.95. The fourth-order valence-electron chi connectivity index (χ4n) is 3.43. The maximum atomic E-state index is 12.4. The van der Waals surface area contributed by atoms with E-state index in [0.717, 1.165) is 32.1 Å². The van der Waals surface area contributed by atoms with Crippen LogP contribution >= 0.6 is 0 Å². The van der Waals surface area contributed by atoms with Crippen molar-refractivity contribution in [3.63, 3.8) is 0 Å². The molecule has 3 nitrogen and oxygen atoms in total. The van der Waals surface area contributed by atoms with Crippen LogP contribution in [0.4, 0.5) is 0 Å². The summed E-state index contributed by atoms with van der Waals surface area (Å²) in [6.07, 6.45) is 9.25. The maximum absolute atomic E-state index is 12.4. The molecule has 0 heterocycles. The number of rotatable bonds is 3. The van der Waals surface area contributed by atoms with Gasteiger partial charge in [0.1, 0.15) is 0 Å². The van der Waals surface area contributed by atoms with Gasteiger partial charge in [0.25, 0.3) is 0 Å². The van der Waals surface area contributed by atoms with Crippen LogP contribution < -0.4 is 11.1 Å². The fourth-order valence-corrected chi connectivity index (χ4v) is 3.43. The lowest BCUT2D eigenvalue weighted by molar-refractivity contribution is -0.131. The molecule has 1 amide bonds. The summed E-state index contributed by atoms with van der Waals surface area (Å²) in [5, 5.41) is 3.28. The Bertz CT molecular complexity index is 271. The molecule has 0 spiro atoms. The monoisotopic (exact) mass is 238 g/mol. The van der Waals surface area contributed by atoms with Crippen LogP contribution in [-0.4, -0.2) is 18.5 Å². The van der Waals surface area contributed by atoms with Crippen molar-refractivity contribution in [3.05, 3.63) is 0 Å². The van der Waals surface area contributed by atoms with E-state index in [4.69, 9.17) is 5.73 Å². The van der Waals surface area contributed by atoms with Crippen LogP contribution in [0.2, 0.25) is 0 Å². The van der Waals surface area contributed by atoms with E-state index < -0.39 is 0 Å². The summed E-state index contributed by atoms with van der Waals surface area (Å²) >= 11 is 0. The predicted molar refractivity (Wildman–Crippen MR) is 69.5 cm³/mol. The molecule has 2 atom stereocenters. The van der Waals surface area contributed by atoms with Crippen molar-refractivity contribution in [2.75, 3.05) is 6.54 Å². The van der Waals surface area contributed by atoms with E-state index in [1.54, 1.807) is 0 Å². The molecule has 0 aromatic carbocycles. The quantitative estimate of drug-likeness (QED) is 0.792. The predicted octanol–water partition coefficient (Wildman–Crippen LogP) is 2.20. The van der Waals surface area contributed by atoms with Gasteiger partial charge in [-0.2, -0.15) is 0 Å². The largest absolute Gasteiger partial charge is 0.353 e. The van der Waals surface area contributed by atoms with Crippen molar-refractivity contribution in [1.29, 1.82) is 0 Å². The number of carbonyl (C=O) groups excluding carboxylic acids is 1. The number of hydrogen-bond acceptors (Lipinski definition) is 2. The zero-order chi connectivity index (χ0) is 12.3. The fraction of sp³-hybridized carbons (Fsp3) is 0.929. The second-order valence-electron chi connectivity index (χ2n) is 6.03. The summed E-state index contributed by atoms with van der Waals surface area (Å²) in [5.41, 5.74) is 5.61. The maximum Gasteiger partial charge on any atom is 0.227 e. The average Bonchev–Trinajstić information content (AvgIpc) is 2.82. The van der Waals surface area contributed by atoms with Gasteiger partial charge >= 0.3 is 0 Å². The van der Waals surface area contributed by atoms with Crippen LogP contribution in [0.3, 0.4) is 0 Å². The average molecular weight is 238 g/mol. The Morgan fingerprint density at radius 2 is 1.88 bits per heavy atom. The second kappa shape index (κ2) is 5.38. The van der Waals surface area contributed by atoms with Gasteiger partial charge in [0, 0.05) is 12.6 Å². The minimum Gasteiger partial charge on any atom is -0.353 e. The van der Waals surface area contributed by atoms with Crippen molar-refractivity contribution in [3.8, 4) is 0 Å². The minimum atomic E-state index is -0.239. The Labute approximate surface area is 105 Å². The van der Waals surface area contributed by atoms with Gasteiger partial charge in [0.15, 0.2) is 0 Å². The molecule has 2 unspecified atom stereocenters. The van der Waals surface area contributed by atoms with Crippen LogP contribution in [0.1, 0.15) is 58.3 Å². The number of carbonyl (C=O) groups is 1. The van der Waals surface area contributed by atoms with Crippen LogP contribution in [0.5, 0.6) is 0 Å². The number of nitrogens with two attached hydrogens (primary N) is 1. The van der Waals surface area contributed by atoms with Crippen LogP contribution in [-0.2, 0) is 4.79 Å². The summed E-state index contributed by atoms with van der Waals surface area (Å²) in [4.78, 5) is 12.4. The van der Waals surface area contributed by atoms with Crippen molar-refractivity contribution >= 4 is 5.91 Å². The van der Waals surface area contributed by atoms with E-state index in [1.165, 1.54) is 19.3 Å². The van der Waals surface area contributed by atoms with Gasteiger partial charge in [-0.05, 0) is 31.6 Å². The van der Waals surface area contributed by atoms with Crippen molar-refractivity contribution in [2.45, 2.75) is 64.3 Å². The molecule has 0 aromatic rings. The highest BCUT2D eigenvalue weighted by molar-refractivity contribution is 5.83. The Hall–Kier alpha value is -0.570. The van der Waals surface area contributed by atoms with Gasteiger partial charge in [0.05, 0.1) is 5.41 Å². The first kappa shape index (κ1) is 12.9. The highest BCUT2D eigenvalue weighted by Gasteiger charge is 2.41. The number of hydrogen-bond donors (Lipinski definition) is 2. The standard InChI is InChI=1S/C14H26N2O/c1-11-6-2-3-7-12(11)16-13(17)14(10-15)8-4-5-9-14/h11-12H,2-10,15H2,1H3,(H,16,17). The normalized spacial score (nSPS) is 32.4. The first-order chi connectivity index (χ1) is 8.18. The lowest BCUT2D eigenvalue weighted by Gasteiger charge is -2.34. The van der Waals surface area contributed by atoms with Crippen molar-refractivity contribution in [1.82, 2.24) is 5.32 Å². The molecule has 2 aliphatic carbocycles. The molecule has 0 bridgehead atoms. The van der Waals surface area contributed by atoms with Gasteiger partial charge in [-0.3, -0.25) is 4.79 Å². The Kier molecular flexibility index (Phi) is 4.08. The first-order valence-corrected chi connectivity index (χ1v) is 7.19. The van der Waals surface area contributed by atoms with Gasteiger partial charge < -0.3 is 11.1 Å². The number of nitrogens with one attached hydrogen (secondary N) is 1. The molecular weight excluding hydrogens is 212 g/mol. The molecule has 2 saturated carbocycles. The minimum absolute atomic E-state index is 0.233. The molecule has 0 aliphatic heterocycles. The zero-order valence-corrected chi connectivity index (χ0v) is 11.0. The van der Waals surface area contributed by atoms with Gasteiger partial charge in [-0.15, -0.1) is 0 Å². The van der Waals surface area contributed by atoms with Crippen molar-refractivity contribution < 1.29 is 4.79 Å². The molecule has 98 valence electrons. The van der Waals surface area contributed by atoms with Gasteiger partial charge in [-0.25, -0.2) is 0 Å². The SMILES string of the molecule is CC1CCCCC1NC(=O)C1(CN)CCCC1. The second-order valence-corrected chi connectivity index (χ2v) is 6.03. The molecule has 3 heteroatoms. The molecule has 2 rings (SSSR count). The Morgan fingerprint density at radius 3 is 2.47 bits per heavy atom. The third-order valence-electron chi connectivity index (χ3n) is 4.86. The summed E-state index contributed by atoms with van der Waals surface area (Å²) in [5.74, 6) is 0.861. The Morgan fingerprint density at radius 1 is 1.24 bits per heavy atom. The smallest absolute Gasteiger partial charge is 0.227 e. The summed E-state index contributed by atoms with van der Waals surface area (Å²) in [6, 6.07) is 0.389. The highest BCUT2D eigenvalue weighted by atomic mass is 16.2. The zero-order valence-electron chi connectivity index (χ0n) is 11.0.